The Hall–Kier alpha value is -0.820. The molecule has 1 rings (SSSR count). The normalized spacial score (nSPS) is 9.92. The van der Waals surface area contributed by atoms with Crippen molar-refractivity contribution in [3.63, 3.8) is 0 Å². The predicted octanol–water partition coefficient (Wildman–Crippen LogP) is 2.94. The van der Waals surface area contributed by atoms with Crippen LogP contribution in [0.15, 0.2) is 18.2 Å². The molecule has 0 amide bonds. The first-order chi connectivity index (χ1) is 5.65. The Labute approximate surface area is 77.4 Å². The van der Waals surface area contributed by atoms with E-state index in [0.717, 1.165) is 17.5 Å². The van der Waals surface area contributed by atoms with Gasteiger partial charge in [-0.15, -0.1) is 0 Å². The van der Waals surface area contributed by atoms with E-state index >= 15 is 0 Å². The molecule has 64 valence electrons. The van der Waals surface area contributed by atoms with E-state index in [1.54, 1.807) is 0 Å². The summed E-state index contributed by atoms with van der Waals surface area (Å²) >= 11 is 5.40. The number of aryl methyl sites for hydroxylation is 2. The number of hydrogen-bond acceptors (Lipinski definition) is 1. The van der Waals surface area contributed by atoms with Crippen LogP contribution in [0.1, 0.15) is 28.4 Å². The van der Waals surface area contributed by atoms with Crippen LogP contribution < -0.4 is 0 Å². The molecule has 0 saturated heterocycles. The van der Waals surface area contributed by atoms with E-state index in [1.165, 1.54) is 0 Å². The zero-order chi connectivity index (χ0) is 9.14. The second-order valence-corrected chi connectivity index (χ2v) is 3.12. The van der Waals surface area contributed by atoms with Gasteiger partial charge in [0.25, 0.3) is 5.24 Å². The highest BCUT2D eigenvalue weighted by molar-refractivity contribution is 6.67. The van der Waals surface area contributed by atoms with E-state index in [1.807, 2.05) is 32.0 Å². The number of carbonyl (C=O) groups is 1. The van der Waals surface area contributed by atoms with Crippen LogP contribution in [0.5, 0.6) is 0 Å². The fourth-order valence-electron chi connectivity index (χ4n) is 1.10. The van der Waals surface area contributed by atoms with Gasteiger partial charge in [0.05, 0.1) is 0 Å². The molecule has 0 N–H and O–H groups in total. The van der Waals surface area contributed by atoms with Crippen LogP contribution in [-0.4, -0.2) is 5.24 Å². The molecule has 0 aliphatic carbocycles. The molecule has 0 atom stereocenters. The van der Waals surface area contributed by atoms with Gasteiger partial charge < -0.3 is 0 Å². The lowest BCUT2D eigenvalue weighted by atomic mass is 10.0. The van der Waals surface area contributed by atoms with E-state index in [4.69, 9.17) is 11.6 Å². The summed E-state index contributed by atoms with van der Waals surface area (Å²) in [6.07, 6.45) is 0.928. The molecule has 0 aliphatic rings. The van der Waals surface area contributed by atoms with Crippen molar-refractivity contribution in [2.45, 2.75) is 20.3 Å². The van der Waals surface area contributed by atoms with Crippen LogP contribution in [0.25, 0.3) is 0 Å². The van der Waals surface area contributed by atoms with Crippen molar-refractivity contribution in [1.29, 1.82) is 0 Å². The van der Waals surface area contributed by atoms with Crippen LogP contribution in [0, 0.1) is 6.92 Å². The van der Waals surface area contributed by atoms with Crippen molar-refractivity contribution in [3.8, 4) is 0 Å². The van der Waals surface area contributed by atoms with E-state index in [2.05, 4.69) is 0 Å². The molecule has 1 aromatic carbocycles. The molecule has 0 aliphatic heterocycles. The Morgan fingerprint density at radius 3 is 2.67 bits per heavy atom. The average Bonchev–Trinajstić information content (AvgIpc) is 2.05. The SMILES string of the molecule is CCc1ccc(C)c(C(=O)Cl)c1. The van der Waals surface area contributed by atoms with Crippen molar-refractivity contribution < 1.29 is 4.79 Å². The summed E-state index contributed by atoms with van der Waals surface area (Å²) in [5.41, 5.74) is 2.70. The Kier molecular flexibility index (Phi) is 2.88. The highest BCUT2D eigenvalue weighted by Crippen LogP contribution is 2.13. The fraction of sp³-hybridized carbons (Fsp3) is 0.300. The van der Waals surface area contributed by atoms with Gasteiger partial charge in [-0.05, 0) is 42.1 Å². The van der Waals surface area contributed by atoms with Crippen LogP contribution in [0.3, 0.4) is 0 Å². The molecule has 0 aromatic heterocycles. The lowest BCUT2D eigenvalue weighted by Crippen LogP contribution is -1.94. The molecule has 0 bridgehead atoms. The average molecular weight is 183 g/mol. The zero-order valence-corrected chi connectivity index (χ0v) is 7.98. The number of hydrogen-bond donors (Lipinski definition) is 0. The highest BCUT2D eigenvalue weighted by Gasteiger charge is 2.05. The molecule has 2 heteroatoms. The summed E-state index contributed by atoms with van der Waals surface area (Å²) in [6, 6.07) is 5.79. The number of rotatable bonds is 2. The minimum atomic E-state index is -0.372. The molecule has 1 aromatic rings. The van der Waals surface area contributed by atoms with Gasteiger partial charge in [-0.3, -0.25) is 4.79 Å². The highest BCUT2D eigenvalue weighted by atomic mass is 35.5. The molecule has 0 unspecified atom stereocenters. The number of halogens is 1. The maximum absolute atomic E-state index is 10.9. The Morgan fingerprint density at radius 1 is 1.50 bits per heavy atom. The van der Waals surface area contributed by atoms with Crippen molar-refractivity contribution in [2.75, 3.05) is 0 Å². The topological polar surface area (TPSA) is 17.1 Å². The molecule has 0 radical (unpaired) electrons. The monoisotopic (exact) mass is 182 g/mol. The van der Waals surface area contributed by atoms with Crippen LogP contribution in [-0.2, 0) is 6.42 Å². The fourth-order valence-corrected chi connectivity index (χ4v) is 1.30. The first kappa shape index (κ1) is 9.27. The summed E-state index contributed by atoms with van der Waals surface area (Å²) < 4.78 is 0. The van der Waals surface area contributed by atoms with Gasteiger partial charge in [-0.2, -0.15) is 0 Å². The van der Waals surface area contributed by atoms with Crippen LogP contribution >= 0.6 is 11.6 Å². The molecule has 0 saturated carbocycles. The second kappa shape index (κ2) is 3.72. The standard InChI is InChI=1S/C10H11ClO/c1-3-8-5-4-7(2)9(6-8)10(11)12/h4-6H,3H2,1-2H3. The van der Waals surface area contributed by atoms with Gasteiger partial charge >= 0.3 is 0 Å². The molecule has 1 nitrogen and oxygen atoms in total. The molecule has 0 heterocycles. The molecule has 12 heavy (non-hydrogen) atoms. The van der Waals surface area contributed by atoms with Crippen molar-refractivity contribution in [2.24, 2.45) is 0 Å². The maximum atomic E-state index is 10.9. The summed E-state index contributed by atoms with van der Waals surface area (Å²) in [5.74, 6) is 0. The maximum Gasteiger partial charge on any atom is 0.252 e. The summed E-state index contributed by atoms with van der Waals surface area (Å²) in [4.78, 5) is 10.9. The molecule has 0 spiro atoms. The molecular weight excluding hydrogens is 172 g/mol. The van der Waals surface area contributed by atoms with Crippen molar-refractivity contribution in [1.82, 2.24) is 0 Å². The Bertz CT molecular complexity index is 305. The zero-order valence-electron chi connectivity index (χ0n) is 7.23. The third-order valence-corrected chi connectivity index (χ3v) is 2.13. The minimum absolute atomic E-state index is 0.372. The largest absolute Gasteiger partial charge is 0.276 e. The first-order valence-electron chi connectivity index (χ1n) is 3.94. The minimum Gasteiger partial charge on any atom is -0.276 e. The smallest absolute Gasteiger partial charge is 0.252 e. The van der Waals surface area contributed by atoms with Gasteiger partial charge in [-0.25, -0.2) is 0 Å². The van der Waals surface area contributed by atoms with Crippen molar-refractivity contribution in [3.05, 3.63) is 34.9 Å². The lowest BCUT2D eigenvalue weighted by Gasteiger charge is -2.02. The van der Waals surface area contributed by atoms with Crippen molar-refractivity contribution >= 4 is 16.8 Å². The van der Waals surface area contributed by atoms with Gasteiger partial charge in [0.15, 0.2) is 0 Å². The Balaban J connectivity index is 3.17. The van der Waals surface area contributed by atoms with E-state index in [9.17, 15) is 4.79 Å². The van der Waals surface area contributed by atoms with Gasteiger partial charge in [-0.1, -0.05) is 19.1 Å². The van der Waals surface area contributed by atoms with Crippen LogP contribution in [0.4, 0.5) is 0 Å². The van der Waals surface area contributed by atoms with Crippen LogP contribution in [0.2, 0.25) is 0 Å². The van der Waals surface area contributed by atoms with Gasteiger partial charge in [0.1, 0.15) is 0 Å². The van der Waals surface area contributed by atoms with Gasteiger partial charge in [0.2, 0.25) is 0 Å². The van der Waals surface area contributed by atoms with E-state index in [0.29, 0.717) is 5.56 Å². The first-order valence-corrected chi connectivity index (χ1v) is 4.32. The summed E-state index contributed by atoms with van der Waals surface area (Å²) in [6.45, 7) is 3.93. The third-order valence-electron chi connectivity index (χ3n) is 1.92. The van der Waals surface area contributed by atoms with E-state index in [-0.39, 0.29) is 5.24 Å². The third kappa shape index (κ3) is 1.86. The lowest BCUT2D eigenvalue weighted by molar-refractivity contribution is 0.108. The summed E-state index contributed by atoms with van der Waals surface area (Å²) in [7, 11) is 0. The molecule has 0 fully saturated rings. The number of benzene rings is 1. The summed E-state index contributed by atoms with van der Waals surface area (Å²) in [5, 5.41) is -0.372. The Morgan fingerprint density at radius 2 is 2.17 bits per heavy atom. The predicted molar refractivity (Wildman–Crippen MR) is 50.7 cm³/mol. The second-order valence-electron chi connectivity index (χ2n) is 2.78. The molecular formula is C10H11ClO. The van der Waals surface area contributed by atoms with Gasteiger partial charge in [0, 0.05) is 5.56 Å². The number of carbonyl (C=O) groups excluding carboxylic acids is 1. The van der Waals surface area contributed by atoms with E-state index < -0.39 is 0 Å². The quantitative estimate of drug-likeness (QED) is 0.643.